The van der Waals surface area contributed by atoms with E-state index in [1.54, 1.807) is 0 Å². The summed E-state index contributed by atoms with van der Waals surface area (Å²) >= 11 is 2.17. The number of rotatable bonds is 1. The summed E-state index contributed by atoms with van der Waals surface area (Å²) < 4.78 is 0. The second kappa shape index (κ2) is 2.96. The Bertz CT molecular complexity index is 88.6. The van der Waals surface area contributed by atoms with E-state index in [4.69, 9.17) is 0 Å². The standard InChI is InChI=1S/C8H16S/c1-6(2)8-5-4-7(3)9-8/h6-8H,4-5H2,1-3H3/t7-,8?/m0/s1. The summed E-state index contributed by atoms with van der Waals surface area (Å²) in [6, 6.07) is 0. The monoisotopic (exact) mass is 144 g/mol. The van der Waals surface area contributed by atoms with Gasteiger partial charge in [-0.25, -0.2) is 0 Å². The van der Waals surface area contributed by atoms with Gasteiger partial charge in [0.1, 0.15) is 0 Å². The highest BCUT2D eigenvalue weighted by atomic mass is 32.2. The molecule has 1 saturated heterocycles. The maximum atomic E-state index is 2.34. The molecule has 1 unspecified atom stereocenters. The first-order valence-electron chi connectivity index (χ1n) is 3.85. The molecule has 0 N–H and O–H groups in total. The van der Waals surface area contributed by atoms with Crippen molar-refractivity contribution in [2.45, 2.75) is 44.1 Å². The zero-order valence-electron chi connectivity index (χ0n) is 6.55. The molecule has 0 amide bonds. The van der Waals surface area contributed by atoms with Gasteiger partial charge in [0.15, 0.2) is 0 Å². The molecule has 1 fully saturated rings. The summed E-state index contributed by atoms with van der Waals surface area (Å²) in [5, 5.41) is 1.89. The lowest BCUT2D eigenvalue weighted by Crippen LogP contribution is -2.05. The van der Waals surface area contributed by atoms with Crippen LogP contribution in [0, 0.1) is 5.92 Å². The van der Waals surface area contributed by atoms with E-state index < -0.39 is 0 Å². The van der Waals surface area contributed by atoms with E-state index in [1.165, 1.54) is 12.8 Å². The summed E-state index contributed by atoms with van der Waals surface area (Å²) in [5.41, 5.74) is 0. The highest BCUT2D eigenvalue weighted by Crippen LogP contribution is 2.37. The predicted molar refractivity (Wildman–Crippen MR) is 44.9 cm³/mol. The Morgan fingerprint density at radius 2 is 2.00 bits per heavy atom. The third kappa shape index (κ3) is 1.89. The molecular weight excluding hydrogens is 128 g/mol. The van der Waals surface area contributed by atoms with Crippen LogP contribution in [0.4, 0.5) is 0 Å². The van der Waals surface area contributed by atoms with Gasteiger partial charge in [-0.05, 0) is 18.8 Å². The van der Waals surface area contributed by atoms with Gasteiger partial charge in [-0.15, -0.1) is 0 Å². The van der Waals surface area contributed by atoms with Crippen molar-refractivity contribution in [2.75, 3.05) is 0 Å². The molecule has 1 aliphatic rings. The second-order valence-corrected chi connectivity index (χ2v) is 4.99. The van der Waals surface area contributed by atoms with Gasteiger partial charge in [0.25, 0.3) is 0 Å². The van der Waals surface area contributed by atoms with Crippen LogP contribution in [0.15, 0.2) is 0 Å². The Hall–Kier alpha value is 0.350. The van der Waals surface area contributed by atoms with Crippen molar-refractivity contribution in [3.05, 3.63) is 0 Å². The van der Waals surface area contributed by atoms with Crippen molar-refractivity contribution in [3.63, 3.8) is 0 Å². The highest BCUT2D eigenvalue weighted by molar-refractivity contribution is 8.00. The van der Waals surface area contributed by atoms with Crippen molar-refractivity contribution in [1.29, 1.82) is 0 Å². The summed E-state index contributed by atoms with van der Waals surface area (Å²) in [4.78, 5) is 0. The van der Waals surface area contributed by atoms with Gasteiger partial charge in [-0.3, -0.25) is 0 Å². The van der Waals surface area contributed by atoms with Crippen LogP contribution in [0.1, 0.15) is 33.6 Å². The summed E-state index contributed by atoms with van der Waals surface area (Å²) in [5.74, 6) is 0.889. The van der Waals surface area contributed by atoms with Crippen LogP contribution in [0.3, 0.4) is 0 Å². The molecule has 1 heteroatoms. The smallest absolute Gasteiger partial charge is 0.00731 e. The zero-order chi connectivity index (χ0) is 6.85. The number of thioether (sulfide) groups is 1. The Labute approximate surface area is 62.4 Å². The second-order valence-electron chi connectivity index (χ2n) is 3.31. The molecule has 0 aromatic heterocycles. The molecule has 0 spiro atoms. The maximum absolute atomic E-state index is 2.34. The average Bonchev–Trinajstić information content (AvgIpc) is 2.14. The molecule has 0 aliphatic carbocycles. The molecule has 0 aromatic carbocycles. The van der Waals surface area contributed by atoms with Crippen LogP contribution in [-0.2, 0) is 0 Å². The molecule has 0 nitrogen and oxygen atoms in total. The van der Waals surface area contributed by atoms with E-state index in [0.29, 0.717) is 0 Å². The number of hydrogen-bond acceptors (Lipinski definition) is 1. The van der Waals surface area contributed by atoms with Crippen molar-refractivity contribution in [1.82, 2.24) is 0 Å². The Kier molecular flexibility index (Phi) is 2.45. The first kappa shape index (κ1) is 7.46. The van der Waals surface area contributed by atoms with Crippen molar-refractivity contribution >= 4 is 11.8 Å². The summed E-state index contributed by atoms with van der Waals surface area (Å²) in [6.07, 6.45) is 2.89. The third-order valence-corrected chi connectivity index (χ3v) is 3.84. The van der Waals surface area contributed by atoms with Gasteiger partial charge < -0.3 is 0 Å². The summed E-state index contributed by atoms with van der Waals surface area (Å²) in [6.45, 7) is 7.00. The number of hydrogen-bond donors (Lipinski definition) is 0. The lowest BCUT2D eigenvalue weighted by molar-refractivity contribution is 0.581. The molecule has 1 rings (SSSR count). The minimum atomic E-state index is 0.889. The normalized spacial score (nSPS) is 36.0. The van der Waals surface area contributed by atoms with Crippen molar-refractivity contribution in [2.24, 2.45) is 5.92 Å². The third-order valence-electron chi connectivity index (χ3n) is 2.01. The van der Waals surface area contributed by atoms with Crippen LogP contribution >= 0.6 is 11.8 Å². The van der Waals surface area contributed by atoms with E-state index in [0.717, 1.165) is 16.4 Å². The van der Waals surface area contributed by atoms with Gasteiger partial charge in [-0.2, -0.15) is 11.8 Å². The largest absolute Gasteiger partial charge is 0.155 e. The SMILES string of the molecule is CC(C)C1CC[C@H](C)S1. The molecule has 54 valence electrons. The Morgan fingerprint density at radius 3 is 2.22 bits per heavy atom. The van der Waals surface area contributed by atoms with Gasteiger partial charge >= 0.3 is 0 Å². The zero-order valence-corrected chi connectivity index (χ0v) is 7.37. The first-order valence-corrected chi connectivity index (χ1v) is 4.80. The fourth-order valence-electron chi connectivity index (χ4n) is 1.32. The van der Waals surface area contributed by atoms with Crippen LogP contribution < -0.4 is 0 Å². The molecule has 0 radical (unpaired) electrons. The topological polar surface area (TPSA) is 0 Å². The predicted octanol–water partition coefficient (Wildman–Crippen LogP) is 2.93. The first-order chi connectivity index (χ1) is 4.20. The van der Waals surface area contributed by atoms with Crippen LogP contribution in [0.25, 0.3) is 0 Å². The van der Waals surface area contributed by atoms with Gasteiger partial charge in [-0.1, -0.05) is 20.8 Å². The fourth-order valence-corrected chi connectivity index (χ4v) is 2.78. The van der Waals surface area contributed by atoms with E-state index in [1.807, 2.05) is 0 Å². The quantitative estimate of drug-likeness (QED) is 0.545. The molecule has 0 aromatic rings. The fraction of sp³-hybridized carbons (Fsp3) is 1.00. The van der Waals surface area contributed by atoms with Gasteiger partial charge in [0.2, 0.25) is 0 Å². The molecule has 2 atom stereocenters. The lowest BCUT2D eigenvalue weighted by atomic mass is 10.1. The van der Waals surface area contributed by atoms with Crippen molar-refractivity contribution in [3.8, 4) is 0 Å². The van der Waals surface area contributed by atoms with Gasteiger partial charge in [0.05, 0.1) is 0 Å². The molecule has 1 heterocycles. The van der Waals surface area contributed by atoms with E-state index >= 15 is 0 Å². The Morgan fingerprint density at radius 1 is 1.33 bits per heavy atom. The van der Waals surface area contributed by atoms with Crippen molar-refractivity contribution < 1.29 is 0 Å². The van der Waals surface area contributed by atoms with Crippen LogP contribution in [-0.4, -0.2) is 10.5 Å². The average molecular weight is 144 g/mol. The minimum absolute atomic E-state index is 0.889. The van der Waals surface area contributed by atoms with Crippen LogP contribution in [0.5, 0.6) is 0 Å². The molecule has 9 heavy (non-hydrogen) atoms. The lowest BCUT2D eigenvalue weighted by Gasteiger charge is -2.12. The molecule has 1 aliphatic heterocycles. The molecule has 0 bridgehead atoms. The van der Waals surface area contributed by atoms with E-state index in [9.17, 15) is 0 Å². The van der Waals surface area contributed by atoms with Gasteiger partial charge in [0, 0.05) is 10.5 Å². The maximum Gasteiger partial charge on any atom is 0.00731 e. The molecule has 0 saturated carbocycles. The van der Waals surface area contributed by atoms with Crippen LogP contribution in [0.2, 0.25) is 0 Å². The van der Waals surface area contributed by atoms with E-state index in [2.05, 4.69) is 32.5 Å². The summed E-state index contributed by atoms with van der Waals surface area (Å²) in [7, 11) is 0. The minimum Gasteiger partial charge on any atom is -0.155 e. The highest BCUT2D eigenvalue weighted by Gasteiger charge is 2.23. The molecular formula is C8H16S. The Balaban J connectivity index is 2.30. The van der Waals surface area contributed by atoms with E-state index in [-0.39, 0.29) is 0 Å².